The van der Waals surface area contributed by atoms with Gasteiger partial charge in [-0.3, -0.25) is 0 Å². The summed E-state index contributed by atoms with van der Waals surface area (Å²) in [6.07, 6.45) is 0. The largest absolute Gasteiger partial charge is 0.319 e. The fourth-order valence-corrected chi connectivity index (χ4v) is 15.7. The molecule has 0 radical (unpaired) electrons. The average molecular weight is 854 g/mol. The lowest BCUT2D eigenvalue weighted by Gasteiger charge is -2.54. The molecule has 7 aliphatic heterocycles. The van der Waals surface area contributed by atoms with Crippen molar-refractivity contribution in [3.8, 4) is 11.4 Å². The Hall–Kier alpha value is -5.77. The third kappa shape index (κ3) is 3.81. The summed E-state index contributed by atoms with van der Waals surface area (Å²) in [4.78, 5) is 8.16. The van der Waals surface area contributed by atoms with Gasteiger partial charge in [-0.2, -0.15) is 18.9 Å². The summed E-state index contributed by atoms with van der Waals surface area (Å²) in [5.41, 5.74) is 21.6. The van der Waals surface area contributed by atoms with Crippen LogP contribution in [0.2, 0.25) is 39.3 Å². The van der Waals surface area contributed by atoms with E-state index in [1.165, 1.54) is 118 Å². The van der Waals surface area contributed by atoms with Crippen LogP contribution in [0.25, 0.3) is 11.4 Å². The van der Waals surface area contributed by atoms with Crippen molar-refractivity contribution in [1.82, 2.24) is 0 Å². The van der Waals surface area contributed by atoms with Crippen molar-refractivity contribution in [3.63, 3.8) is 0 Å². The molecule has 7 aliphatic rings. The summed E-state index contributed by atoms with van der Waals surface area (Å²) >= 11 is 0. The molecule has 5 aromatic carbocycles. The Morgan fingerprint density at radius 1 is 0.381 bits per heavy atom. The Kier molecular flexibility index (Phi) is 6.17. The molecule has 0 saturated heterocycles. The molecule has 5 nitrogen and oxygen atoms in total. The number of aromatic nitrogens is 2. The summed E-state index contributed by atoms with van der Waals surface area (Å²) in [5, 5.41) is 2.98. The molecular formula is C56H55N5Si2+2. The fraction of sp³-hybridized carbons (Fsp3) is 0.286. The molecule has 0 fully saturated rings. The summed E-state index contributed by atoms with van der Waals surface area (Å²) < 4.78 is 5.72. The minimum Gasteiger partial charge on any atom is -0.308 e. The van der Waals surface area contributed by atoms with Gasteiger partial charge in [-0.05, 0) is 64.0 Å². The molecule has 310 valence electrons. The van der Waals surface area contributed by atoms with Gasteiger partial charge in [0.25, 0.3) is 11.6 Å². The number of nitrogens with zero attached hydrogens (tertiary/aromatic N) is 5. The van der Waals surface area contributed by atoms with Crippen LogP contribution in [0, 0.1) is 0 Å². The Bertz CT molecular complexity index is 3310. The molecule has 7 aromatic rings. The molecular weight excluding hydrogens is 799 g/mol. The van der Waals surface area contributed by atoms with E-state index in [-0.39, 0.29) is 16.2 Å². The van der Waals surface area contributed by atoms with Gasteiger partial charge in [0.05, 0.1) is 33.2 Å². The predicted octanol–water partition coefficient (Wildman–Crippen LogP) is 11.9. The van der Waals surface area contributed by atoms with Gasteiger partial charge in [-0.25, -0.2) is 0 Å². The summed E-state index contributed by atoms with van der Waals surface area (Å²) in [5.74, 6) is 2.56. The minimum atomic E-state index is -1.87. The lowest BCUT2D eigenvalue weighted by molar-refractivity contribution is -0.928. The highest BCUT2D eigenvalue weighted by Crippen LogP contribution is 2.71. The third-order valence-corrected chi connectivity index (χ3v) is 20.7. The monoisotopic (exact) mass is 853 g/mol. The third-order valence-electron chi connectivity index (χ3n) is 16.7. The predicted molar refractivity (Wildman–Crippen MR) is 264 cm³/mol. The average Bonchev–Trinajstić information content (AvgIpc) is 3.53. The number of pyridine rings is 2. The zero-order chi connectivity index (χ0) is 43.4. The van der Waals surface area contributed by atoms with Gasteiger partial charge in [0.1, 0.15) is 22.5 Å². The number of rotatable bonds is 2. The Balaban J connectivity index is 1.30. The van der Waals surface area contributed by atoms with Crippen molar-refractivity contribution < 1.29 is 9.13 Å². The van der Waals surface area contributed by atoms with Crippen LogP contribution >= 0.6 is 0 Å². The molecule has 1 spiro atoms. The first-order chi connectivity index (χ1) is 29.8. The Labute approximate surface area is 373 Å². The van der Waals surface area contributed by atoms with Crippen LogP contribution < -0.4 is 34.2 Å². The van der Waals surface area contributed by atoms with Crippen LogP contribution in [0.4, 0.5) is 51.4 Å². The molecule has 14 rings (SSSR count). The van der Waals surface area contributed by atoms with Gasteiger partial charge < -0.3 is 4.90 Å². The van der Waals surface area contributed by atoms with E-state index in [0.717, 1.165) is 0 Å². The van der Waals surface area contributed by atoms with E-state index in [1.807, 2.05) is 0 Å². The second kappa shape index (κ2) is 10.6. The number of hydrogen-bond acceptors (Lipinski definition) is 3. The van der Waals surface area contributed by atoms with Crippen LogP contribution in [-0.4, -0.2) is 16.1 Å². The number of fused-ring (bicyclic) bond motifs is 10. The molecule has 2 aromatic heterocycles. The minimum absolute atomic E-state index is 0.239. The van der Waals surface area contributed by atoms with Gasteiger partial charge in [-0.1, -0.05) is 141 Å². The zero-order valence-electron chi connectivity index (χ0n) is 38.7. The molecule has 63 heavy (non-hydrogen) atoms. The van der Waals surface area contributed by atoms with Gasteiger partial charge >= 0.3 is 5.66 Å². The molecule has 0 bridgehead atoms. The van der Waals surface area contributed by atoms with E-state index in [2.05, 4.69) is 220 Å². The smallest absolute Gasteiger partial charge is 0.308 e. The van der Waals surface area contributed by atoms with Gasteiger partial charge in [0.2, 0.25) is 0 Å². The Morgan fingerprint density at radius 3 is 1.24 bits per heavy atom. The summed E-state index contributed by atoms with van der Waals surface area (Å²) in [6.45, 7) is 30.0. The van der Waals surface area contributed by atoms with Crippen LogP contribution in [-0.2, 0) is 21.9 Å². The van der Waals surface area contributed by atoms with Crippen molar-refractivity contribution in [1.29, 1.82) is 0 Å². The number of benzene rings is 5. The van der Waals surface area contributed by atoms with Gasteiger partial charge in [0, 0.05) is 50.6 Å². The molecule has 0 amide bonds. The number of anilines is 9. The highest BCUT2D eigenvalue weighted by atomic mass is 28.3. The van der Waals surface area contributed by atoms with E-state index in [9.17, 15) is 0 Å². The second-order valence-electron chi connectivity index (χ2n) is 23.2. The van der Waals surface area contributed by atoms with Crippen molar-refractivity contribution in [2.24, 2.45) is 0 Å². The maximum absolute atomic E-state index is 2.86. The Morgan fingerprint density at radius 2 is 0.778 bits per heavy atom. The maximum Gasteiger partial charge on any atom is 0.319 e. The molecule has 0 saturated carbocycles. The highest BCUT2D eigenvalue weighted by molar-refractivity contribution is 6.89. The van der Waals surface area contributed by atoms with Crippen LogP contribution in [0.5, 0.6) is 0 Å². The van der Waals surface area contributed by atoms with E-state index in [0.29, 0.717) is 0 Å². The van der Waals surface area contributed by atoms with Crippen molar-refractivity contribution in [2.45, 2.75) is 103 Å². The second-order valence-corrected chi connectivity index (χ2v) is 33.3. The van der Waals surface area contributed by atoms with Gasteiger partial charge in [0.15, 0.2) is 22.8 Å². The van der Waals surface area contributed by atoms with Crippen LogP contribution in [0.3, 0.4) is 0 Å². The molecule has 0 N–H and O–H groups in total. The first-order valence-electron chi connectivity index (χ1n) is 23.1. The standard InChI is InChI=1S/C56H55N5Si2/c1-53(2)35-20-14-17-23-41(35)58-46-29-32(62(7,8)9)27-44-45-28-33(63(10,11)12)30-47-59-42-24-18-15-21-36(42)55(5,6)39-31-38-51-49(52(39)59)56(60(44)46,61(45)47)48-43(26-25-37(53)50(48)58)57(51)40-22-16-13-19-34(40)54(38,3)4/h13-31H,1-12H3/q+2. The number of para-hydroxylation sites is 3. The molecule has 1 unspecified atom stereocenters. The summed E-state index contributed by atoms with van der Waals surface area (Å²) in [7, 11) is -3.73. The normalized spacial score (nSPS) is 20.4. The highest BCUT2D eigenvalue weighted by Gasteiger charge is 2.74. The van der Waals surface area contributed by atoms with Crippen LogP contribution in [0.15, 0.2) is 115 Å². The molecule has 7 heteroatoms. The molecule has 0 aliphatic carbocycles. The number of hydrogen-bond donors (Lipinski definition) is 0. The summed E-state index contributed by atoms with van der Waals surface area (Å²) in [6, 6.07) is 46.1. The first kappa shape index (κ1) is 36.7. The fourth-order valence-electron chi connectivity index (χ4n) is 13.5. The van der Waals surface area contributed by atoms with Crippen molar-refractivity contribution >= 4 is 78.0 Å². The zero-order valence-corrected chi connectivity index (χ0v) is 40.7. The molecule has 9 heterocycles. The topological polar surface area (TPSA) is 17.5 Å². The van der Waals surface area contributed by atoms with E-state index < -0.39 is 21.8 Å². The lowest BCUT2D eigenvalue weighted by Crippen LogP contribution is -2.77. The molecule has 1 atom stereocenters. The SMILES string of the molecule is CC1(C)c2ccccc2N2c3c1ccc1c3C34c5c6c(cc7c5N(c5ccccc5C7(C)C)c5cc([Si](C)(C)C)cc([n+]53)-c3cc([Si](C)(C)C)cc2[n+]34)C(C)(C)c2ccccc2N16. The van der Waals surface area contributed by atoms with E-state index >= 15 is 0 Å². The lowest BCUT2D eigenvalue weighted by atomic mass is 9.62. The van der Waals surface area contributed by atoms with Crippen molar-refractivity contribution in [3.05, 3.63) is 160 Å². The quantitative estimate of drug-likeness (QED) is 0.127. The van der Waals surface area contributed by atoms with E-state index in [1.54, 1.807) is 0 Å². The first-order valence-corrected chi connectivity index (χ1v) is 30.1. The van der Waals surface area contributed by atoms with Gasteiger partial charge in [-0.15, -0.1) is 0 Å². The van der Waals surface area contributed by atoms with Crippen molar-refractivity contribution in [2.75, 3.05) is 14.7 Å². The van der Waals surface area contributed by atoms with Crippen LogP contribution in [0.1, 0.15) is 86.1 Å². The maximum atomic E-state index is 2.86. The van der Waals surface area contributed by atoms with E-state index in [4.69, 9.17) is 0 Å².